The van der Waals surface area contributed by atoms with Crippen LogP contribution in [0.15, 0.2) is 73.1 Å². The fourth-order valence-electron chi connectivity index (χ4n) is 3.83. The highest BCUT2D eigenvalue weighted by atomic mass is 16.5. The number of hydrogen-bond acceptors (Lipinski definition) is 9. The van der Waals surface area contributed by atoms with Crippen LogP contribution in [0.5, 0.6) is 17.2 Å². The Labute approximate surface area is 197 Å². The molecule has 35 heavy (non-hydrogen) atoms. The first-order chi connectivity index (χ1) is 17.2. The standard InChI is InChI=1S/C26H15N3O6/c30-13-33-18-3-1-16-5-7-27-25(21(16)9-18)23-11-20(35-15-32)12-24(29-23)26-22-10-19(34-14-31)4-2-17(22)6-8-28-26/h1-15H. The molecule has 5 rings (SSSR count). The Balaban J connectivity index is 1.74. The molecule has 0 radical (unpaired) electrons. The summed E-state index contributed by atoms with van der Waals surface area (Å²) in [5.41, 5.74) is 1.79. The summed E-state index contributed by atoms with van der Waals surface area (Å²) in [5, 5.41) is 3.05. The second-order valence-electron chi connectivity index (χ2n) is 7.30. The first kappa shape index (κ1) is 21.7. The van der Waals surface area contributed by atoms with Crippen LogP contribution in [-0.2, 0) is 14.4 Å². The molecule has 0 saturated carbocycles. The van der Waals surface area contributed by atoms with Crippen LogP contribution in [-0.4, -0.2) is 34.4 Å². The zero-order chi connectivity index (χ0) is 24.2. The van der Waals surface area contributed by atoms with E-state index in [2.05, 4.69) is 9.97 Å². The van der Waals surface area contributed by atoms with Gasteiger partial charge in [0.05, 0.1) is 22.8 Å². The lowest BCUT2D eigenvalue weighted by atomic mass is 10.0. The third kappa shape index (κ3) is 4.25. The summed E-state index contributed by atoms with van der Waals surface area (Å²) in [7, 11) is 0. The van der Waals surface area contributed by atoms with Crippen molar-refractivity contribution < 1.29 is 28.6 Å². The number of ether oxygens (including phenoxy) is 3. The molecule has 0 spiro atoms. The van der Waals surface area contributed by atoms with Gasteiger partial charge in [-0.2, -0.15) is 0 Å². The largest absolute Gasteiger partial charge is 0.429 e. The number of benzene rings is 2. The number of carbonyl (C=O) groups is 3. The van der Waals surface area contributed by atoms with Crippen LogP contribution < -0.4 is 14.2 Å². The lowest BCUT2D eigenvalue weighted by molar-refractivity contribution is -0.121. The van der Waals surface area contributed by atoms with E-state index in [1.165, 1.54) is 0 Å². The molecule has 0 N–H and O–H groups in total. The second kappa shape index (κ2) is 9.36. The van der Waals surface area contributed by atoms with Crippen LogP contribution in [0.1, 0.15) is 0 Å². The van der Waals surface area contributed by atoms with E-state index in [4.69, 9.17) is 19.2 Å². The van der Waals surface area contributed by atoms with Crippen molar-refractivity contribution in [2.24, 2.45) is 0 Å². The van der Waals surface area contributed by atoms with Crippen LogP contribution in [0.2, 0.25) is 0 Å². The van der Waals surface area contributed by atoms with Crippen molar-refractivity contribution in [3.8, 4) is 40.0 Å². The van der Waals surface area contributed by atoms with E-state index in [0.717, 1.165) is 10.8 Å². The Hall–Kier alpha value is -5.18. The Morgan fingerprint density at radius 1 is 0.543 bits per heavy atom. The van der Waals surface area contributed by atoms with Gasteiger partial charge in [-0.3, -0.25) is 24.4 Å². The van der Waals surface area contributed by atoms with Gasteiger partial charge in [-0.15, -0.1) is 0 Å². The average Bonchev–Trinajstić information content (AvgIpc) is 2.88. The zero-order valence-electron chi connectivity index (χ0n) is 18.0. The molecule has 9 heteroatoms. The number of fused-ring (bicyclic) bond motifs is 2. The van der Waals surface area contributed by atoms with Gasteiger partial charge in [0.2, 0.25) is 0 Å². The number of aromatic nitrogens is 3. The molecule has 9 nitrogen and oxygen atoms in total. The lowest BCUT2D eigenvalue weighted by Gasteiger charge is -2.11. The lowest BCUT2D eigenvalue weighted by Crippen LogP contribution is -1.98. The Morgan fingerprint density at radius 3 is 1.46 bits per heavy atom. The highest BCUT2D eigenvalue weighted by Gasteiger charge is 2.15. The quantitative estimate of drug-likeness (QED) is 0.312. The van der Waals surface area contributed by atoms with E-state index in [9.17, 15) is 14.4 Å². The van der Waals surface area contributed by atoms with E-state index in [1.807, 2.05) is 12.1 Å². The van der Waals surface area contributed by atoms with Crippen molar-refractivity contribution in [3.63, 3.8) is 0 Å². The van der Waals surface area contributed by atoms with Crippen LogP contribution in [0.25, 0.3) is 44.3 Å². The summed E-state index contributed by atoms with van der Waals surface area (Å²) in [6, 6.07) is 17.1. The van der Waals surface area contributed by atoms with Crippen molar-refractivity contribution in [3.05, 3.63) is 73.1 Å². The van der Waals surface area contributed by atoms with E-state index in [-0.39, 0.29) is 5.75 Å². The maximum absolute atomic E-state index is 11.2. The summed E-state index contributed by atoms with van der Waals surface area (Å²) >= 11 is 0. The number of rotatable bonds is 8. The third-order valence-corrected chi connectivity index (χ3v) is 5.31. The number of pyridine rings is 3. The molecule has 0 amide bonds. The average molecular weight is 465 g/mol. The summed E-state index contributed by atoms with van der Waals surface area (Å²) in [5.74, 6) is 0.930. The molecule has 2 aromatic carbocycles. The zero-order valence-corrected chi connectivity index (χ0v) is 18.0. The van der Waals surface area contributed by atoms with E-state index in [1.54, 1.807) is 60.9 Å². The molecule has 0 bridgehead atoms. The van der Waals surface area contributed by atoms with E-state index in [0.29, 0.717) is 64.5 Å². The van der Waals surface area contributed by atoms with Crippen LogP contribution >= 0.6 is 0 Å². The number of hydrogen-bond donors (Lipinski definition) is 0. The Bertz CT molecular complexity index is 1490. The van der Waals surface area contributed by atoms with Crippen molar-refractivity contribution in [2.75, 3.05) is 0 Å². The minimum absolute atomic E-state index is 0.234. The van der Waals surface area contributed by atoms with Crippen LogP contribution in [0.3, 0.4) is 0 Å². The summed E-state index contributed by atoms with van der Waals surface area (Å²) in [6.07, 6.45) is 3.26. The van der Waals surface area contributed by atoms with Crippen molar-refractivity contribution in [1.82, 2.24) is 15.0 Å². The summed E-state index contributed by atoms with van der Waals surface area (Å²) in [6.45, 7) is 1.02. The minimum atomic E-state index is 0.234. The van der Waals surface area contributed by atoms with Crippen LogP contribution in [0, 0.1) is 0 Å². The minimum Gasteiger partial charge on any atom is -0.429 e. The molecule has 0 unspecified atom stereocenters. The molecule has 5 aromatic rings. The predicted octanol–water partition coefficient (Wildman–Crippen LogP) is 4.12. The molecular formula is C26H15N3O6. The van der Waals surface area contributed by atoms with E-state index < -0.39 is 0 Å². The fourth-order valence-corrected chi connectivity index (χ4v) is 3.83. The molecule has 3 aromatic heterocycles. The van der Waals surface area contributed by atoms with E-state index >= 15 is 0 Å². The van der Waals surface area contributed by atoms with Gasteiger partial charge in [0, 0.05) is 35.3 Å². The van der Waals surface area contributed by atoms with Crippen molar-refractivity contribution in [2.45, 2.75) is 0 Å². The molecule has 170 valence electrons. The first-order valence-corrected chi connectivity index (χ1v) is 10.3. The topological polar surface area (TPSA) is 118 Å². The van der Waals surface area contributed by atoms with Crippen molar-refractivity contribution in [1.29, 1.82) is 0 Å². The molecular weight excluding hydrogens is 450 g/mol. The molecule has 0 fully saturated rings. The van der Waals surface area contributed by atoms with Gasteiger partial charge < -0.3 is 14.2 Å². The van der Waals surface area contributed by atoms with Crippen LogP contribution in [0.4, 0.5) is 0 Å². The molecule has 0 atom stereocenters. The van der Waals surface area contributed by atoms with Crippen molar-refractivity contribution >= 4 is 41.0 Å². The van der Waals surface area contributed by atoms with Gasteiger partial charge in [0.25, 0.3) is 19.4 Å². The predicted molar refractivity (Wildman–Crippen MR) is 126 cm³/mol. The smallest absolute Gasteiger partial charge is 0.298 e. The fraction of sp³-hybridized carbons (Fsp3) is 0. The highest BCUT2D eigenvalue weighted by Crippen LogP contribution is 2.35. The highest BCUT2D eigenvalue weighted by molar-refractivity contribution is 5.97. The van der Waals surface area contributed by atoms with Gasteiger partial charge in [-0.05, 0) is 47.2 Å². The second-order valence-corrected chi connectivity index (χ2v) is 7.30. The van der Waals surface area contributed by atoms with Gasteiger partial charge in [0.15, 0.2) is 0 Å². The summed E-state index contributed by atoms with van der Waals surface area (Å²) in [4.78, 5) is 46.5. The normalized spacial score (nSPS) is 10.6. The molecule has 0 aliphatic rings. The Morgan fingerprint density at radius 2 is 1.00 bits per heavy atom. The molecule has 3 heterocycles. The number of carbonyl (C=O) groups excluding carboxylic acids is 3. The third-order valence-electron chi connectivity index (χ3n) is 5.31. The van der Waals surface area contributed by atoms with Gasteiger partial charge in [0.1, 0.15) is 17.2 Å². The number of nitrogens with zero attached hydrogens (tertiary/aromatic N) is 3. The SMILES string of the molecule is O=COc1cc(-c2nccc3ccc(OC=O)cc23)nc(-c2nccc3ccc(OC=O)cc23)c1. The maximum atomic E-state index is 11.2. The molecule has 0 aliphatic carbocycles. The molecule has 0 aliphatic heterocycles. The van der Waals surface area contributed by atoms with Gasteiger partial charge in [-0.1, -0.05) is 12.1 Å². The van der Waals surface area contributed by atoms with Gasteiger partial charge in [-0.25, -0.2) is 4.98 Å². The summed E-state index contributed by atoms with van der Waals surface area (Å²) < 4.78 is 15.1. The first-order valence-electron chi connectivity index (χ1n) is 10.3. The maximum Gasteiger partial charge on any atom is 0.298 e. The molecule has 0 saturated heterocycles. The van der Waals surface area contributed by atoms with Gasteiger partial charge >= 0.3 is 0 Å². The Kier molecular flexibility index (Phi) is 5.79. The monoisotopic (exact) mass is 465 g/mol.